The number of hydrogen-bond acceptors (Lipinski definition) is 8. The first kappa shape index (κ1) is 27.0. The molecule has 1 fully saturated rings. The fourth-order valence-corrected chi connectivity index (χ4v) is 5.95. The van der Waals surface area contributed by atoms with Crippen molar-refractivity contribution in [3.8, 4) is 17.6 Å². The molecule has 4 heterocycles. The molecule has 0 amide bonds. The van der Waals surface area contributed by atoms with Crippen LogP contribution in [0.5, 0.6) is 11.5 Å². The molecule has 0 bridgehead atoms. The lowest BCUT2D eigenvalue weighted by Gasteiger charge is -2.48. The van der Waals surface area contributed by atoms with Crippen LogP contribution in [0.1, 0.15) is 65.4 Å². The van der Waals surface area contributed by atoms with Crippen LogP contribution in [-0.4, -0.2) is 61.4 Å². The van der Waals surface area contributed by atoms with E-state index in [4.69, 9.17) is 14.5 Å². The largest absolute Gasteiger partial charge is 0.486 e. The van der Waals surface area contributed by atoms with Gasteiger partial charge < -0.3 is 18.9 Å². The van der Waals surface area contributed by atoms with Gasteiger partial charge in [0, 0.05) is 44.8 Å². The van der Waals surface area contributed by atoms with Crippen LogP contribution in [-0.2, 0) is 20.0 Å². The van der Waals surface area contributed by atoms with Gasteiger partial charge in [-0.2, -0.15) is 10.2 Å². The zero-order valence-electron chi connectivity index (χ0n) is 24.1. The van der Waals surface area contributed by atoms with Crippen molar-refractivity contribution in [1.82, 2.24) is 24.0 Å². The fourth-order valence-electron chi connectivity index (χ4n) is 5.95. The minimum atomic E-state index is -0.357. The maximum absolute atomic E-state index is 13.1. The number of rotatable bonds is 6. The van der Waals surface area contributed by atoms with Crippen LogP contribution >= 0.6 is 0 Å². The molecule has 0 saturated carbocycles. The van der Waals surface area contributed by atoms with Gasteiger partial charge in [0.15, 0.2) is 17.3 Å². The zero-order chi connectivity index (χ0) is 28.1. The highest BCUT2D eigenvalue weighted by Crippen LogP contribution is 2.39. The molecule has 2 aliphatic rings. The van der Waals surface area contributed by atoms with E-state index in [2.05, 4.69) is 53.8 Å². The smallest absolute Gasteiger partial charge is 0.351 e. The van der Waals surface area contributed by atoms with Crippen LogP contribution in [0.25, 0.3) is 11.2 Å². The van der Waals surface area contributed by atoms with E-state index in [-0.39, 0.29) is 35.8 Å². The van der Waals surface area contributed by atoms with Crippen molar-refractivity contribution in [3.05, 3.63) is 40.1 Å². The van der Waals surface area contributed by atoms with E-state index in [1.807, 2.05) is 38.5 Å². The number of benzene rings is 1. The predicted octanol–water partition coefficient (Wildman–Crippen LogP) is 3.82. The van der Waals surface area contributed by atoms with E-state index in [0.717, 1.165) is 31.0 Å². The number of aryl methyl sites for hydroxylation is 2. The second-order valence-electron chi connectivity index (χ2n) is 11.3. The van der Waals surface area contributed by atoms with Crippen molar-refractivity contribution >= 4 is 17.0 Å². The normalized spacial score (nSPS) is 21.6. The van der Waals surface area contributed by atoms with E-state index in [1.165, 1.54) is 5.56 Å². The van der Waals surface area contributed by atoms with Crippen molar-refractivity contribution < 1.29 is 9.47 Å². The molecule has 5 rings (SSSR count). The Labute approximate surface area is 229 Å². The summed E-state index contributed by atoms with van der Waals surface area (Å²) in [7, 11) is 1.86. The van der Waals surface area contributed by atoms with E-state index >= 15 is 0 Å². The SMILES string of the molecule is CC[C@@H]1CN(c2nc(=O)n(CC)c3c2nc(CC#N)n3C)[C@@H](C)CN1C(C)c1ccc2c(c1)OC(C)(C)CO2. The van der Waals surface area contributed by atoms with Gasteiger partial charge in [0.25, 0.3) is 0 Å². The first-order chi connectivity index (χ1) is 18.6. The van der Waals surface area contributed by atoms with E-state index in [0.29, 0.717) is 36.0 Å². The number of imidazole rings is 1. The van der Waals surface area contributed by atoms with Gasteiger partial charge in [0.05, 0.1) is 12.5 Å². The number of nitrogens with zero attached hydrogens (tertiary/aromatic N) is 7. The Morgan fingerprint density at radius 3 is 2.67 bits per heavy atom. The lowest BCUT2D eigenvalue weighted by atomic mass is 9.98. The van der Waals surface area contributed by atoms with Crippen LogP contribution in [0.4, 0.5) is 5.82 Å². The highest BCUT2D eigenvalue weighted by atomic mass is 16.6. The lowest BCUT2D eigenvalue weighted by Crippen LogP contribution is -2.58. The van der Waals surface area contributed by atoms with Gasteiger partial charge in [0.2, 0.25) is 0 Å². The Bertz CT molecular complexity index is 1480. The maximum Gasteiger partial charge on any atom is 0.351 e. The van der Waals surface area contributed by atoms with Gasteiger partial charge in [0.1, 0.15) is 29.2 Å². The number of ether oxygens (including phenoxy) is 2. The Kier molecular flexibility index (Phi) is 7.06. The average molecular weight is 534 g/mol. The molecule has 2 aliphatic heterocycles. The van der Waals surface area contributed by atoms with E-state index in [1.54, 1.807) is 4.57 Å². The van der Waals surface area contributed by atoms with Crippen LogP contribution in [0.15, 0.2) is 23.0 Å². The summed E-state index contributed by atoms with van der Waals surface area (Å²) < 4.78 is 15.6. The van der Waals surface area contributed by atoms with Crippen molar-refractivity contribution in [3.63, 3.8) is 0 Å². The second-order valence-corrected chi connectivity index (χ2v) is 11.3. The molecule has 3 aromatic rings. The fraction of sp³-hybridized carbons (Fsp3) is 0.586. The highest BCUT2D eigenvalue weighted by molar-refractivity contribution is 5.84. The Morgan fingerprint density at radius 2 is 1.97 bits per heavy atom. The topological polar surface area (TPSA) is 101 Å². The van der Waals surface area contributed by atoms with Gasteiger partial charge >= 0.3 is 5.69 Å². The quantitative estimate of drug-likeness (QED) is 0.471. The molecule has 39 heavy (non-hydrogen) atoms. The van der Waals surface area contributed by atoms with E-state index < -0.39 is 0 Å². The molecule has 208 valence electrons. The summed E-state index contributed by atoms with van der Waals surface area (Å²) in [4.78, 5) is 27.2. The van der Waals surface area contributed by atoms with Crippen molar-refractivity contribution in [1.29, 1.82) is 5.26 Å². The highest BCUT2D eigenvalue weighted by Gasteiger charge is 2.37. The average Bonchev–Trinajstić information content (AvgIpc) is 3.22. The molecule has 10 nitrogen and oxygen atoms in total. The summed E-state index contributed by atoms with van der Waals surface area (Å²) in [6.45, 7) is 15.2. The number of hydrogen-bond donors (Lipinski definition) is 0. The van der Waals surface area contributed by atoms with Gasteiger partial charge in [-0.25, -0.2) is 9.78 Å². The first-order valence-corrected chi connectivity index (χ1v) is 13.9. The summed E-state index contributed by atoms with van der Waals surface area (Å²) in [6.07, 6.45) is 1.12. The summed E-state index contributed by atoms with van der Waals surface area (Å²) in [6, 6.07) is 8.96. The molecule has 0 N–H and O–H groups in total. The third-order valence-corrected chi connectivity index (χ3v) is 8.15. The maximum atomic E-state index is 13.1. The molecule has 1 saturated heterocycles. The molecular weight excluding hydrogens is 494 g/mol. The number of aromatic nitrogens is 4. The minimum Gasteiger partial charge on any atom is -0.486 e. The molecule has 0 aliphatic carbocycles. The molecular formula is C29H39N7O3. The van der Waals surface area contributed by atoms with Gasteiger partial charge in [-0.1, -0.05) is 13.0 Å². The van der Waals surface area contributed by atoms with Gasteiger partial charge in [-0.3, -0.25) is 9.47 Å². The lowest BCUT2D eigenvalue weighted by molar-refractivity contribution is 0.0209. The zero-order valence-corrected chi connectivity index (χ0v) is 24.1. The Morgan fingerprint density at radius 1 is 1.21 bits per heavy atom. The summed E-state index contributed by atoms with van der Waals surface area (Å²) in [5, 5.41) is 9.32. The molecule has 10 heteroatoms. The second kappa shape index (κ2) is 10.2. The van der Waals surface area contributed by atoms with E-state index in [9.17, 15) is 10.1 Å². The van der Waals surface area contributed by atoms with Crippen LogP contribution < -0.4 is 20.1 Å². The summed E-state index contributed by atoms with van der Waals surface area (Å²) in [5.74, 6) is 2.83. The molecule has 2 aromatic heterocycles. The predicted molar refractivity (Wildman–Crippen MR) is 150 cm³/mol. The molecule has 1 aromatic carbocycles. The molecule has 3 atom stereocenters. The minimum absolute atomic E-state index is 0.0976. The van der Waals surface area contributed by atoms with Gasteiger partial charge in [-0.15, -0.1) is 0 Å². The Balaban J connectivity index is 1.48. The molecule has 1 unspecified atom stereocenters. The van der Waals surface area contributed by atoms with Crippen molar-refractivity contribution in [2.24, 2.45) is 7.05 Å². The number of piperazine rings is 1. The third-order valence-electron chi connectivity index (χ3n) is 8.15. The number of nitriles is 1. The van der Waals surface area contributed by atoms with Crippen molar-refractivity contribution in [2.75, 3.05) is 24.6 Å². The number of anilines is 1. The number of fused-ring (bicyclic) bond motifs is 2. The Hall–Kier alpha value is -3.58. The summed E-state index contributed by atoms with van der Waals surface area (Å²) in [5.41, 5.74) is 1.94. The van der Waals surface area contributed by atoms with Crippen LogP contribution in [0.2, 0.25) is 0 Å². The molecule has 0 spiro atoms. The van der Waals surface area contributed by atoms with Gasteiger partial charge in [-0.05, 0) is 58.7 Å². The van der Waals surface area contributed by atoms with Crippen LogP contribution in [0.3, 0.4) is 0 Å². The third kappa shape index (κ3) is 4.73. The van der Waals surface area contributed by atoms with Crippen LogP contribution in [0, 0.1) is 11.3 Å². The standard InChI is InChI=1S/C29H39N7O3/c1-8-21-16-35(26-25-27(34(9-2)28(37)32-26)33(7)24(31-25)12-13-30)18(3)15-36(21)19(4)20-10-11-22-23(14-20)39-29(5,6)17-38-22/h10-11,14,18-19,21H,8-9,12,15-17H2,1-7H3/t18-,19?,21+/m0/s1. The first-order valence-electron chi connectivity index (χ1n) is 13.9. The monoisotopic (exact) mass is 533 g/mol. The van der Waals surface area contributed by atoms with Crippen molar-refractivity contribution in [2.45, 2.75) is 84.7 Å². The molecule has 0 radical (unpaired) electrons. The summed E-state index contributed by atoms with van der Waals surface area (Å²) >= 11 is 0.